The van der Waals surface area contributed by atoms with Crippen molar-refractivity contribution in [1.29, 1.82) is 0 Å². The van der Waals surface area contributed by atoms with Crippen LogP contribution in [0.3, 0.4) is 0 Å². The number of rotatable bonds is 5. The van der Waals surface area contributed by atoms with Crippen molar-refractivity contribution in [2.75, 3.05) is 29.9 Å². The summed E-state index contributed by atoms with van der Waals surface area (Å²) >= 11 is 0. The molecule has 3 rings (SSSR count). The van der Waals surface area contributed by atoms with Crippen LogP contribution in [0.25, 0.3) is 0 Å². The van der Waals surface area contributed by atoms with E-state index in [1.54, 1.807) is 36.8 Å². The lowest BCUT2D eigenvalue weighted by Crippen LogP contribution is -2.49. The highest BCUT2D eigenvalue weighted by Crippen LogP contribution is 2.20. The number of aromatic nitrogens is 3. The van der Waals surface area contributed by atoms with Crippen molar-refractivity contribution < 1.29 is 9.53 Å². The van der Waals surface area contributed by atoms with Crippen molar-refractivity contribution in [2.45, 2.75) is 25.8 Å². The Hall–Kier alpha value is -2.90. The minimum Gasteiger partial charge on any atom is -0.476 e. The second kappa shape index (κ2) is 8.27. The summed E-state index contributed by atoms with van der Waals surface area (Å²) in [5, 5.41) is 5.82. The summed E-state index contributed by atoms with van der Waals surface area (Å²) in [4.78, 5) is 27.1. The predicted molar refractivity (Wildman–Crippen MR) is 94.8 cm³/mol. The van der Waals surface area contributed by atoms with E-state index in [-0.39, 0.29) is 12.1 Å². The summed E-state index contributed by atoms with van der Waals surface area (Å²) < 4.78 is 5.42. The topological polar surface area (TPSA) is 92.3 Å². The van der Waals surface area contributed by atoms with E-state index in [0.29, 0.717) is 30.7 Å². The minimum atomic E-state index is -0.269. The molecule has 1 aliphatic rings. The zero-order chi connectivity index (χ0) is 17.5. The Labute approximate surface area is 146 Å². The van der Waals surface area contributed by atoms with Gasteiger partial charge in [-0.3, -0.25) is 0 Å². The summed E-state index contributed by atoms with van der Waals surface area (Å²) in [6.07, 6.45) is 6.98. The Morgan fingerprint density at radius 3 is 2.88 bits per heavy atom. The fourth-order valence-electron chi connectivity index (χ4n) is 2.81. The number of hydrogen-bond donors (Lipinski definition) is 2. The van der Waals surface area contributed by atoms with Gasteiger partial charge in [0, 0.05) is 37.7 Å². The van der Waals surface area contributed by atoms with E-state index in [0.717, 1.165) is 19.4 Å². The van der Waals surface area contributed by atoms with Gasteiger partial charge in [-0.05, 0) is 38.0 Å². The van der Waals surface area contributed by atoms with Crippen molar-refractivity contribution in [3.63, 3.8) is 0 Å². The van der Waals surface area contributed by atoms with Crippen LogP contribution < -0.4 is 20.3 Å². The number of anilines is 2. The van der Waals surface area contributed by atoms with E-state index in [9.17, 15) is 4.79 Å². The fourth-order valence-corrected chi connectivity index (χ4v) is 2.81. The van der Waals surface area contributed by atoms with Gasteiger partial charge < -0.3 is 20.3 Å². The van der Waals surface area contributed by atoms with Gasteiger partial charge in [0.05, 0.1) is 6.61 Å². The first kappa shape index (κ1) is 16.9. The molecule has 0 aromatic carbocycles. The molecule has 1 atom stereocenters. The van der Waals surface area contributed by atoms with Gasteiger partial charge in [0.15, 0.2) is 0 Å². The highest BCUT2D eigenvalue weighted by atomic mass is 16.5. The van der Waals surface area contributed by atoms with Crippen molar-refractivity contribution in [1.82, 2.24) is 20.3 Å². The molecule has 8 nitrogen and oxygen atoms in total. The standard InChI is InChI=1S/C17H22N6O2/c1-2-25-15-14(7-3-8-18-15)22-17(24)21-13-6-4-11-23(12-13)16-19-9-5-10-20-16/h3,5,7-10,13H,2,4,6,11-12H2,1H3,(H2,21,22,24)/t13-/m1/s1. The highest BCUT2D eigenvalue weighted by Gasteiger charge is 2.23. The van der Waals surface area contributed by atoms with Gasteiger partial charge in [-0.15, -0.1) is 0 Å². The molecule has 0 unspecified atom stereocenters. The molecule has 1 saturated heterocycles. The first-order valence-electron chi connectivity index (χ1n) is 8.43. The molecule has 1 fully saturated rings. The van der Waals surface area contributed by atoms with Gasteiger partial charge in [0.25, 0.3) is 0 Å². The molecule has 1 aliphatic heterocycles. The molecular weight excluding hydrogens is 320 g/mol. The predicted octanol–water partition coefficient (Wildman–Crippen LogP) is 2.06. The lowest BCUT2D eigenvalue weighted by atomic mass is 10.1. The molecule has 25 heavy (non-hydrogen) atoms. The maximum absolute atomic E-state index is 12.3. The van der Waals surface area contributed by atoms with Gasteiger partial charge in [0.2, 0.25) is 11.8 Å². The Bertz CT molecular complexity index is 697. The SMILES string of the molecule is CCOc1ncccc1NC(=O)N[C@@H]1CCCN(c2ncccn2)C1. The van der Waals surface area contributed by atoms with Crippen LogP contribution in [0.1, 0.15) is 19.8 Å². The summed E-state index contributed by atoms with van der Waals surface area (Å²) in [6, 6.07) is 5.08. The van der Waals surface area contributed by atoms with Crippen LogP contribution in [0, 0.1) is 0 Å². The number of nitrogens with one attached hydrogen (secondary N) is 2. The molecule has 132 valence electrons. The van der Waals surface area contributed by atoms with Crippen LogP contribution >= 0.6 is 0 Å². The summed E-state index contributed by atoms with van der Waals surface area (Å²) in [5.41, 5.74) is 0.556. The van der Waals surface area contributed by atoms with Gasteiger partial charge in [-0.1, -0.05) is 0 Å². The second-order valence-electron chi connectivity index (χ2n) is 5.72. The third-order valence-electron chi connectivity index (χ3n) is 3.89. The smallest absolute Gasteiger partial charge is 0.319 e. The number of carbonyl (C=O) groups is 1. The van der Waals surface area contributed by atoms with Crippen LogP contribution in [0.4, 0.5) is 16.4 Å². The largest absolute Gasteiger partial charge is 0.476 e. The number of amides is 2. The van der Waals surface area contributed by atoms with Crippen LogP contribution in [-0.2, 0) is 0 Å². The van der Waals surface area contributed by atoms with Gasteiger partial charge in [-0.2, -0.15) is 0 Å². The molecular formula is C17H22N6O2. The molecule has 0 saturated carbocycles. The quantitative estimate of drug-likeness (QED) is 0.864. The van der Waals surface area contributed by atoms with Crippen LogP contribution in [0.5, 0.6) is 5.88 Å². The van der Waals surface area contributed by atoms with Crippen LogP contribution in [0.15, 0.2) is 36.8 Å². The van der Waals surface area contributed by atoms with Crippen molar-refractivity contribution in [3.8, 4) is 5.88 Å². The fraction of sp³-hybridized carbons (Fsp3) is 0.412. The average Bonchev–Trinajstić information content (AvgIpc) is 2.64. The van der Waals surface area contributed by atoms with Gasteiger partial charge in [-0.25, -0.2) is 19.7 Å². The molecule has 2 aromatic rings. The maximum Gasteiger partial charge on any atom is 0.319 e. The summed E-state index contributed by atoms with van der Waals surface area (Å²) in [7, 11) is 0. The molecule has 0 aliphatic carbocycles. The third-order valence-corrected chi connectivity index (χ3v) is 3.89. The third kappa shape index (κ3) is 4.56. The Balaban J connectivity index is 1.58. The summed E-state index contributed by atoms with van der Waals surface area (Å²) in [6.45, 7) is 3.94. The number of carbonyl (C=O) groups excluding carboxylic acids is 1. The molecule has 2 N–H and O–H groups in total. The number of pyridine rings is 1. The first-order chi connectivity index (χ1) is 12.3. The molecule has 2 aromatic heterocycles. The van der Waals surface area contributed by atoms with E-state index in [1.807, 2.05) is 6.92 Å². The van der Waals surface area contributed by atoms with Crippen molar-refractivity contribution in [2.24, 2.45) is 0 Å². The van der Waals surface area contributed by atoms with Gasteiger partial charge >= 0.3 is 6.03 Å². The van der Waals surface area contributed by atoms with Gasteiger partial charge in [0.1, 0.15) is 5.69 Å². The van der Waals surface area contributed by atoms with E-state index in [2.05, 4.69) is 30.5 Å². The van der Waals surface area contributed by atoms with E-state index in [1.165, 1.54) is 0 Å². The maximum atomic E-state index is 12.3. The average molecular weight is 342 g/mol. The first-order valence-corrected chi connectivity index (χ1v) is 8.43. The Morgan fingerprint density at radius 2 is 2.08 bits per heavy atom. The lowest BCUT2D eigenvalue weighted by Gasteiger charge is -2.33. The number of piperidine rings is 1. The highest BCUT2D eigenvalue weighted by molar-refractivity contribution is 5.90. The van der Waals surface area contributed by atoms with Crippen LogP contribution in [-0.4, -0.2) is 46.7 Å². The molecule has 2 amide bonds. The molecule has 3 heterocycles. The van der Waals surface area contributed by atoms with Crippen molar-refractivity contribution >= 4 is 17.7 Å². The number of urea groups is 1. The minimum absolute atomic E-state index is 0.0322. The summed E-state index contributed by atoms with van der Waals surface area (Å²) in [5.74, 6) is 1.11. The molecule has 0 radical (unpaired) electrons. The van der Waals surface area contributed by atoms with E-state index < -0.39 is 0 Å². The normalized spacial score (nSPS) is 17.0. The lowest BCUT2D eigenvalue weighted by molar-refractivity contribution is 0.246. The zero-order valence-electron chi connectivity index (χ0n) is 14.2. The molecule has 0 bridgehead atoms. The van der Waals surface area contributed by atoms with Crippen molar-refractivity contribution in [3.05, 3.63) is 36.8 Å². The molecule has 0 spiro atoms. The second-order valence-corrected chi connectivity index (χ2v) is 5.72. The van der Waals surface area contributed by atoms with E-state index >= 15 is 0 Å². The number of hydrogen-bond acceptors (Lipinski definition) is 6. The Morgan fingerprint density at radius 1 is 1.28 bits per heavy atom. The van der Waals surface area contributed by atoms with E-state index in [4.69, 9.17) is 4.74 Å². The van der Waals surface area contributed by atoms with Crippen LogP contribution in [0.2, 0.25) is 0 Å². The Kier molecular flexibility index (Phi) is 5.61. The monoisotopic (exact) mass is 342 g/mol. The number of ether oxygens (including phenoxy) is 1. The number of nitrogens with zero attached hydrogens (tertiary/aromatic N) is 4. The molecule has 8 heteroatoms. The zero-order valence-corrected chi connectivity index (χ0v) is 14.2.